The van der Waals surface area contributed by atoms with Crippen LogP contribution >= 0.6 is 0 Å². The van der Waals surface area contributed by atoms with Crippen molar-refractivity contribution in [3.8, 4) is 0 Å². The lowest BCUT2D eigenvalue weighted by atomic mass is 9.75. The Morgan fingerprint density at radius 3 is 2.33 bits per heavy atom. The van der Waals surface area contributed by atoms with Crippen molar-refractivity contribution in [2.24, 2.45) is 17.3 Å². The number of hydrogen-bond donors (Lipinski definition) is 0. The van der Waals surface area contributed by atoms with Gasteiger partial charge in [0, 0.05) is 11.8 Å². The minimum atomic E-state index is 0.0474. The van der Waals surface area contributed by atoms with Crippen LogP contribution in [0.1, 0.15) is 27.7 Å². The van der Waals surface area contributed by atoms with E-state index in [1.165, 1.54) is 0 Å². The molecule has 0 bridgehead atoms. The SMILES string of the molecule is CC1COCC(C(C)(C)C)C1=O. The molecule has 2 nitrogen and oxygen atoms in total. The molecule has 2 heteroatoms. The molecule has 1 aliphatic heterocycles. The van der Waals surface area contributed by atoms with E-state index in [4.69, 9.17) is 4.74 Å². The van der Waals surface area contributed by atoms with Crippen molar-refractivity contribution in [1.29, 1.82) is 0 Å². The van der Waals surface area contributed by atoms with Crippen LogP contribution in [0.25, 0.3) is 0 Å². The molecule has 0 saturated carbocycles. The van der Waals surface area contributed by atoms with E-state index in [2.05, 4.69) is 20.8 Å². The van der Waals surface area contributed by atoms with Gasteiger partial charge in [-0.2, -0.15) is 0 Å². The quantitative estimate of drug-likeness (QED) is 0.555. The standard InChI is InChI=1S/C10H18O2/c1-7-5-12-6-8(9(7)11)10(2,3)4/h7-8H,5-6H2,1-4H3. The highest BCUT2D eigenvalue weighted by molar-refractivity contribution is 5.84. The van der Waals surface area contributed by atoms with Gasteiger partial charge in [-0.15, -0.1) is 0 Å². The number of ether oxygens (including phenoxy) is 1. The van der Waals surface area contributed by atoms with Crippen LogP contribution in [-0.4, -0.2) is 19.0 Å². The highest BCUT2D eigenvalue weighted by Gasteiger charge is 2.36. The van der Waals surface area contributed by atoms with Crippen LogP contribution in [0.5, 0.6) is 0 Å². The molecule has 1 heterocycles. The maximum absolute atomic E-state index is 11.7. The second kappa shape index (κ2) is 3.17. The van der Waals surface area contributed by atoms with Crippen molar-refractivity contribution in [2.45, 2.75) is 27.7 Å². The molecule has 0 aromatic heterocycles. The summed E-state index contributed by atoms with van der Waals surface area (Å²) in [6.07, 6.45) is 0. The van der Waals surface area contributed by atoms with Gasteiger partial charge in [0.25, 0.3) is 0 Å². The average molecular weight is 170 g/mol. The normalized spacial score (nSPS) is 32.2. The Kier molecular flexibility index (Phi) is 2.57. The summed E-state index contributed by atoms with van der Waals surface area (Å²) in [6.45, 7) is 9.43. The van der Waals surface area contributed by atoms with E-state index < -0.39 is 0 Å². The molecular weight excluding hydrogens is 152 g/mol. The van der Waals surface area contributed by atoms with Crippen molar-refractivity contribution in [2.75, 3.05) is 13.2 Å². The van der Waals surface area contributed by atoms with Crippen LogP contribution in [-0.2, 0) is 9.53 Å². The van der Waals surface area contributed by atoms with Gasteiger partial charge in [-0.25, -0.2) is 0 Å². The molecule has 0 amide bonds. The van der Waals surface area contributed by atoms with E-state index >= 15 is 0 Å². The Balaban J connectivity index is 2.71. The Bertz CT molecular complexity index is 179. The molecule has 1 rings (SSSR count). The smallest absolute Gasteiger partial charge is 0.143 e. The van der Waals surface area contributed by atoms with Crippen LogP contribution in [0.3, 0.4) is 0 Å². The number of hydrogen-bond acceptors (Lipinski definition) is 2. The summed E-state index contributed by atoms with van der Waals surface area (Å²) < 4.78 is 5.37. The summed E-state index contributed by atoms with van der Waals surface area (Å²) in [5.74, 6) is 0.540. The number of carbonyl (C=O) groups excluding carboxylic acids is 1. The number of ketones is 1. The molecule has 2 atom stereocenters. The highest BCUT2D eigenvalue weighted by atomic mass is 16.5. The molecule has 0 aromatic carbocycles. The van der Waals surface area contributed by atoms with Crippen molar-refractivity contribution in [3.05, 3.63) is 0 Å². The van der Waals surface area contributed by atoms with Gasteiger partial charge in [-0.3, -0.25) is 4.79 Å². The Hall–Kier alpha value is -0.370. The molecule has 70 valence electrons. The largest absolute Gasteiger partial charge is 0.380 e. The molecule has 1 aliphatic rings. The van der Waals surface area contributed by atoms with Crippen LogP contribution in [0.15, 0.2) is 0 Å². The maximum Gasteiger partial charge on any atom is 0.143 e. The minimum Gasteiger partial charge on any atom is -0.380 e. The second-order valence-corrected chi connectivity index (χ2v) is 4.76. The molecule has 0 radical (unpaired) electrons. The molecule has 1 saturated heterocycles. The lowest BCUT2D eigenvalue weighted by molar-refractivity contribution is -0.141. The lowest BCUT2D eigenvalue weighted by Crippen LogP contribution is -2.41. The number of Topliss-reactive ketones (excluding diaryl/α,β-unsaturated/α-hetero) is 1. The lowest BCUT2D eigenvalue weighted by Gasteiger charge is -2.34. The molecular formula is C10H18O2. The summed E-state index contributed by atoms with van der Waals surface area (Å²) >= 11 is 0. The van der Waals surface area contributed by atoms with Crippen molar-refractivity contribution >= 4 is 5.78 Å². The average Bonchev–Trinajstić information content (AvgIpc) is 1.92. The first kappa shape index (κ1) is 9.72. The monoisotopic (exact) mass is 170 g/mol. The third-order valence-electron chi connectivity index (χ3n) is 2.53. The van der Waals surface area contributed by atoms with E-state index in [-0.39, 0.29) is 17.3 Å². The third-order valence-corrected chi connectivity index (χ3v) is 2.53. The Labute approximate surface area is 74.3 Å². The zero-order chi connectivity index (χ0) is 9.35. The van der Waals surface area contributed by atoms with Gasteiger partial charge in [0.05, 0.1) is 13.2 Å². The van der Waals surface area contributed by atoms with E-state index in [1.807, 2.05) is 6.92 Å². The summed E-state index contributed by atoms with van der Waals surface area (Å²) in [5, 5.41) is 0. The van der Waals surface area contributed by atoms with Gasteiger partial charge >= 0.3 is 0 Å². The third kappa shape index (κ3) is 1.86. The predicted octanol–water partition coefficient (Wildman–Crippen LogP) is 1.88. The van der Waals surface area contributed by atoms with Crippen LogP contribution < -0.4 is 0 Å². The van der Waals surface area contributed by atoms with Gasteiger partial charge in [0.1, 0.15) is 5.78 Å². The van der Waals surface area contributed by atoms with Crippen molar-refractivity contribution in [3.63, 3.8) is 0 Å². The van der Waals surface area contributed by atoms with E-state index in [0.29, 0.717) is 19.0 Å². The molecule has 1 fully saturated rings. The molecule has 0 aliphatic carbocycles. The molecule has 0 spiro atoms. The van der Waals surface area contributed by atoms with Gasteiger partial charge < -0.3 is 4.74 Å². The van der Waals surface area contributed by atoms with Crippen molar-refractivity contribution < 1.29 is 9.53 Å². The fourth-order valence-electron chi connectivity index (χ4n) is 1.55. The van der Waals surface area contributed by atoms with Gasteiger partial charge in [-0.1, -0.05) is 27.7 Å². The first-order valence-electron chi connectivity index (χ1n) is 4.54. The Morgan fingerprint density at radius 1 is 1.33 bits per heavy atom. The van der Waals surface area contributed by atoms with E-state index in [1.54, 1.807) is 0 Å². The van der Waals surface area contributed by atoms with Gasteiger partial charge in [0.15, 0.2) is 0 Å². The summed E-state index contributed by atoms with van der Waals surface area (Å²) in [7, 11) is 0. The summed E-state index contributed by atoms with van der Waals surface area (Å²) in [6, 6.07) is 0. The van der Waals surface area contributed by atoms with E-state index in [0.717, 1.165) is 0 Å². The van der Waals surface area contributed by atoms with Crippen molar-refractivity contribution in [1.82, 2.24) is 0 Å². The number of rotatable bonds is 0. The highest BCUT2D eigenvalue weighted by Crippen LogP contribution is 2.31. The topological polar surface area (TPSA) is 26.3 Å². The zero-order valence-electron chi connectivity index (χ0n) is 8.39. The van der Waals surface area contributed by atoms with E-state index in [9.17, 15) is 4.79 Å². The molecule has 2 unspecified atom stereocenters. The second-order valence-electron chi connectivity index (χ2n) is 4.76. The van der Waals surface area contributed by atoms with Crippen LogP contribution in [0, 0.1) is 17.3 Å². The van der Waals surface area contributed by atoms with Gasteiger partial charge in [-0.05, 0) is 5.41 Å². The van der Waals surface area contributed by atoms with Crippen LogP contribution in [0.4, 0.5) is 0 Å². The first-order valence-corrected chi connectivity index (χ1v) is 4.54. The fraction of sp³-hybridized carbons (Fsp3) is 0.900. The molecule has 0 aromatic rings. The van der Waals surface area contributed by atoms with Crippen LogP contribution in [0.2, 0.25) is 0 Å². The maximum atomic E-state index is 11.7. The molecule has 12 heavy (non-hydrogen) atoms. The fourth-order valence-corrected chi connectivity index (χ4v) is 1.55. The molecule has 0 N–H and O–H groups in total. The zero-order valence-corrected chi connectivity index (χ0v) is 8.39. The summed E-state index contributed by atoms with van der Waals surface area (Å²) in [5.41, 5.74) is 0.0474. The minimum absolute atomic E-state index is 0.0474. The Morgan fingerprint density at radius 2 is 1.92 bits per heavy atom. The summed E-state index contributed by atoms with van der Waals surface area (Å²) in [4.78, 5) is 11.7. The first-order chi connectivity index (χ1) is 5.43. The number of carbonyl (C=O) groups is 1. The predicted molar refractivity (Wildman–Crippen MR) is 47.9 cm³/mol. The van der Waals surface area contributed by atoms with Gasteiger partial charge in [0.2, 0.25) is 0 Å².